The summed E-state index contributed by atoms with van der Waals surface area (Å²) in [5.74, 6) is 1.73. The van der Waals surface area contributed by atoms with Crippen molar-refractivity contribution in [2.24, 2.45) is 5.92 Å². The van der Waals surface area contributed by atoms with E-state index in [1.165, 1.54) is 62.8 Å². The van der Waals surface area contributed by atoms with Crippen LogP contribution in [-0.2, 0) is 36.1 Å². The molecule has 0 unspecified atom stereocenters. The van der Waals surface area contributed by atoms with E-state index < -0.39 is 11.0 Å². The van der Waals surface area contributed by atoms with Gasteiger partial charge in [-0.05, 0) is 79.0 Å². The van der Waals surface area contributed by atoms with Crippen molar-refractivity contribution in [3.05, 3.63) is 130 Å². The molecule has 4 atom stereocenters. The van der Waals surface area contributed by atoms with Gasteiger partial charge in [0, 0.05) is 36.5 Å². The Hall–Kier alpha value is -4.06. The molecule has 3 aliphatic carbocycles. The van der Waals surface area contributed by atoms with E-state index in [0.717, 1.165) is 44.8 Å². The Labute approximate surface area is 270 Å². The standard InChI is InChI=1S/C41H40N2O3/c1-26-9-8-14-31-32-22-41(45-25-29-12-6-3-7-13-29)34-21-30-17-18-33(44)38-35(30)40(41,19-20-42(34)23-28-15-16-28)39(46-38)37(32)43(36(26)31)24-27-10-4-2-5-11-27/h2-14,17-18,28,34,39,44H,15-16,19-25H2,1H3/t34-,39-,40-,41+/m0/s1. The van der Waals surface area contributed by atoms with Gasteiger partial charge in [-0.3, -0.25) is 4.90 Å². The van der Waals surface area contributed by atoms with Crippen LogP contribution in [0.3, 0.4) is 0 Å². The maximum Gasteiger partial charge on any atom is 0.166 e. The second-order valence-corrected chi connectivity index (χ2v) is 14.6. The maximum atomic E-state index is 11.4. The van der Waals surface area contributed by atoms with Gasteiger partial charge in [0.25, 0.3) is 0 Å². The molecule has 4 aromatic carbocycles. The highest BCUT2D eigenvalue weighted by Gasteiger charge is 2.74. The highest BCUT2D eigenvalue weighted by molar-refractivity contribution is 5.90. The average molecular weight is 609 g/mol. The number of hydrogen-bond acceptors (Lipinski definition) is 4. The van der Waals surface area contributed by atoms with Gasteiger partial charge in [-0.1, -0.05) is 84.9 Å². The third-order valence-electron chi connectivity index (χ3n) is 12.1. The first-order valence-electron chi connectivity index (χ1n) is 17.2. The smallest absolute Gasteiger partial charge is 0.166 e. The predicted octanol–water partition coefficient (Wildman–Crippen LogP) is 7.63. The second-order valence-electron chi connectivity index (χ2n) is 14.6. The minimum Gasteiger partial charge on any atom is -0.504 e. The Kier molecular flexibility index (Phi) is 5.73. The second kappa shape index (κ2) is 9.73. The first kappa shape index (κ1) is 27.1. The molecule has 3 heterocycles. The van der Waals surface area contributed by atoms with Crippen molar-refractivity contribution in [2.45, 2.75) is 75.3 Å². The van der Waals surface area contributed by atoms with Crippen molar-refractivity contribution in [3.8, 4) is 11.5 Å². The highest BCUT2D eigenvalue weighted by atomic mass is 16.5. The molecule has 5 aliphatic rings. The van der Waals surface area contributed by atoms with Crippen molar-refractivity contribution >= 4 is 10.9 Å². The normalized spacial score (nSPS) is 27.3. The predicted molar refractivity (Wildman–Crippen MR) is 179 cm³/mol. The molecule has 5 heteroatoms. The number of para-hydroxylation sites is 1. The van der Waals surface area contributed by atoms with E-state index in [4.69, 9.17) is 9.47 Å². The molecule has 5 nitrogen and oxygen atoms in total. The van der Waals surface area contributed by atoms with Crippen LogP contribution in [0.4, 0.5) is 0 Å². The molecule has 5 aromatic rings. The Morgan fingerprint density at radius 3 is 2.48 bits per heavy atom. The zero-order chi connectivity index (χ0) is 30.6. The van der Waals surface area contributed by atoms with Gasteiger partial charge in [-0.2, -0.15) is 0 Å². The number of aromatic nitrogens is 1. The highest BCUT2D eigenvalue weighted by Crippen LogP contribution is 2.70. The van der Waals surface area contributed by atoms with Gasteiger partial charge in [0.1, 0.15) is 5.60 Å². The lowest BCUT2D eigenvalue weighted by Gasteiger charge is -2.64. The van der Waals surface area contributed by atoms with E-state index >= 15 is 0 Å². The zero-order valence-corrected chi connectivity index (χ0v) is 26.4. The summed E-state index contributed by atoms with van der Waals surface area (Å²) in [5, 5.41) is 12.7. The van der Waals surface area contributed by atoms with Crippen LogP contribution in [0.2, 0.25) is 0 Å². The average Bonchev–Trinajstić information content (AvgIpc) is 3.75. The molecule has 232 valence electrons. The lowest BCUT2D eigenvalue weighted by molar-refractivity contribution is -0.211. The van der Waals surface area contributed by atoms with E-state index in [2.05, 4.69) is 101 Å². The number of aromatic hydroxyl groups is 1. The number of ether oxygens (including phenoxy) is 2. The molecule has 1 saturated heterocycles. The molecule has 1 N–H and O–H groups in total. The fraction of sp³-hybridized carbons (Fsp3) is 0.366. The lowest BCUT2D eigenvalue weighted by atomic mass is 9.48. The Morgan fingerprint density at radius 2 is 1.70 bits per heavy atom. The van der Waals surface area contributed by atoms with E-state index in [1.54, 1.807) is 0 Å². The van der Waals surface area contributed by atoms with Gasteiger partial charge in [0.05, 0.1) is 23.2 Å². The number of hydrogen-bond donors (Lipinski definition) is 1. The van der Waals surface area contributed by atoms with Gasteiger partial charge in [0.2, 0.25) is 0 Å². The zero-order valence-electron chi connectivity index (χ0n) is 26.4. The molecule has 10 rings (SSSR count). The summed E-state index contributed by atoms with van der Waals surface area (Å²) < 4.78 is 17.4. The van der Waals surface area contributed by atoms with Crippen LogP contribution in [0.5, 0.6) is 11.5 Å². The first-order chi connectivity index (χ1) is 22.6. The fourth-order valence-electron chi connectivity index (χ4n) is 10.1. The molecule has 2 fully saturated rings. The molecule has 2 bridgehead atoms. The summed E-state index contributed by atoms with van der Waals surface area (Å²) in [5.41, 5.74) is 9.30. The third-order valence-corrected chi connectivity index (χ3v) is 12.1. The molecule has 1 spiro atoms. The van der Waals surface area contributed by atoms with Crippen LogP contribution in [0.1, 0.15) is 64.4 Å². The third kappa shape index (κ3) is 3.59. The summed E-state index contributed by atoms with van der Waals surface area (Å²) in [6, 6.07) is 32.5. The van der Waals surface area contributed by atoms with Crippen LogP contribution in [0.25, 0.3) is 10.9 Å². The van der Waals surface area contributed by atoms with Crippen molar-refractivity contribution < 1.29 is 14.6 Å². The van der Waals surface area contributed by atoms with E-state index in [1.807, 2.05) is 6.07 Å². The van der Waals surface area contributed by atoms with Gasteiger partial charge < -0.3 is 19.1 Å². The molecule has 46 heavy (non-hydrogen) atoms. The topological polar surface area (TPSA) is 46.9 Å². The number of piperidine rings is 1. The fourth-order valence-corrected chi connectivity index (χ4v) is 10.1. The lowest BCUT2D eigenvalue weighted by Crippen LogP contribution is -2.75. The number of fused-ring (bicyclic) bond motifs is 4. The van der Waals surface area contributed by atoms with Gasteiger partial charge in [-0.15, -0.1) is 0 Å². The molecule has 2 aliphatic heterocycles. The largest absolute Gasteiger partial charge is 0.504 e. The summed E-state index contributed by atoms with van der Waals surface area (Å²) >= 11 is 0. The van der Waals surface area contributed by atoms with Crippen molar-refractivity contribution in [1.82, 2.24) is 9.47 Å². The number of phenolic OH excluding ortho intramolecular Hbond substituents is 1. The van der Waals surface area contributed by atoms with Crippen LogP contribution >= 0.6 is 0 Å². The minimum atomic E-state index is -0.505. The Balaban J connectivity index is 1.25. The number of benzene rings is 4. The SMILES string of the molecule is Cc1cccc2c3c(n(Cc4ccccc4)c12)[C@@H]1Oc2c(O)ccc4c2[C@@]12CCN(CC1CC1)[C@@H](C4)[C@]2(OCc1ccccc1)C3. The van der Waals surface area contributed by atoms with E-state index in [9.17, 15) is 5.11 Å². The van der Waals surface area contributed by atoms with Crippen molar-refractivity contribution in [1.29, 1.82) is 0 Å². The monoisotopic (exact) mass is 608 g/mol. The van der Waals surface area contributed by atoms with Crippen LogP contribution in [-0.4, -0.2) is 39.3 Å². The van der Waals surface area contributed by atoms with Gasteiger partial charge in [-0.25, -0.2) is 0 Å². The molecular weight excluding hydrogens is 568 g/mol. The molecule has 1 saturated carbocycles. The summed E-state index contributed by atoms with van der Waals surface area (Å²) in [6.07, 6.45) is 5.11. The van der Waals surface area contributed by atoms with Crippen LogP contribution in [0.15, 0.2) is 91.0 Å². The summed E-state index contributed by atoms with van der Waals surface area (Å²) in [6.45, 7) is 5.75. The van der Waals surface area contributed by atoms with Gasteiger partial charge in [0.15, 0.2) is 17.6 Å². The Bertz CT molecular complexity index is 2000. The molecule has 0 amide bonds. The van der Waals surface area contributed by atoms with Gasteiger partial charge >= 0.3 is 0 Å². The van der Waals surface area contributed by atoms with E-state index in [-0.39, 0.29) is 17.9 Å². The van der Waals surface area contributed by atoms with Crippen molar-refractivity contribution in [3.63, 3.8) is 0 Å². The quantitative estimate of drug-likeness (QED) is 0.206. The molecule has 1 aromatic heterocycles. The van der Waals surface area contributed by atoms with Crippen LogP contribution < -0.4 is 4.74 Å². The number of rotatable bonds is 7. The number of phenols is 1. The number of nitrogens with zero attached hydrogens (tertiary/aromatic N) is 2. The number of likely N-dealkylation sites (tertiary alicyclic amines) is 1. The van der Waals surface area contributed by atoms with E-state index in [0.29, 0.717) is 12.4 Å². The minimum absolute atomic E-state index is 0.227. The Morgan fingerprint density at radius 1 is 0.913 bits per heavy atom. The number of aryl methyl sites for hydroxylation is 1. The van der Waals surface area contributed by atoms with Crippen LogP contribution in [0, 0.1) is 12.8 Å². The summed E-state index contributed by atoms with van der Waals surface area (Å²) in [4.78, 5) is 2.79. The summed E-state index contributed by atoms with van der Waals surface area (Å²) in [7, 11) is 0. The molecular formula is C41H40N2O3. The maximum absolute atomic E-state index is 11.4. The van der Waals surface area contributed by atoms with Crippen molar-refractivity contribution in [2.75, 3.05) is 13.1 Å². The first-order valence-corrected chi connectivity index (χ1v) is 17.2. The molecule has 0 radical (unpaired) electrons.